The molecule has 0 rings (SSSR count). The number of carbonyl (C=O) groups is 1. The van der Waals surface area contributed by atoms with Crippen molar-refractivity contribution in [2.24, 2.45) is 0 Å². The normalized spacial score (nSPS) is 10.1. The van der Waals surface area contributed by atoms with E-state index in [-0.39, 0.29) is 6.61 Å². The first kappa shape index (κ1) is 15.2. The van der Waals surface area contributed by atoms with Gasteiger partial charge in [0.05, 0.1) is 26.4 Å². The molecule has 0 aromatic carbocycles. The van der Waals surface area contributed by atoms with Gasteiger partial charge in [0, 0.05) is 6.61 Å². The smallest absolute Gasteiger partial charge is 0.434 e. The van der Waals surface area contributed by atoms with Gasteiger partial charge in [-0.1, -0.05) is 13.3 Å². The Morgan fingerprint density at radius 3 is 2.19 bits per heavy atom. The van der Waals surface area contributed by atoms with Crippen LogP contribution in [0.15, 0.2) is 0 Å². The summed E-state index contributed by atoms with van der Waals surface area (Å²) in [4.78, 5) is 10.9. The average Bonchev–Trinajstić information content (AvgIpc) is 2.28. The summed E-state index contributed by atoms with van der Waals surface area (Å²) in [6.07, 6.45) is 1.23. The fourth-order valence-corrected chi connectivity index (χ4v) is 0.890. The summed E-state index contributed by atoms with van der Waals surface area (Å²) >= 11 is 0. The molecule has 0 N–H and O–H groups in total. The van der Waals surface area contributed by atoms with Crippen molar-refractivity contribution in [1.29, 1.82) is 0 Å². The van der Waals surface area contributed by atoms with Crippen LogP contribution in [-0.4, -0.2) is 45.8 Å². The minimum atomic E-state index is -0.623. The average molecular weight is 234 g/mol. The lowest BCUT2D eigenvalue weighted by atomic mass is 10.4. The van der Waals surface area contributed by atoms with Gasteiger partial charge in [-0.2, -0.15) is 0 Å². The van der Waals surface area contributed by atoms with E-state index in [2.05, 4.69) is 0 Å². The van der Waals surface area contributed by atoms with Crippen molar-refractivity contribution < 1.29 is 23.7 Å². The van der Waals surface area contributed by atoms with E-state index in [0.717, 1.165) is 12.8 Å². The molecule has 0 aliphatic carbocycles. The van der Waals surface area contributed by atoms with Crippen LogP contribution in [0.1, 0.15) is 26.7 Å². The molecule has 0 aromatic heterocycles. The maximum Gasteiger partial charge on any atom is 0.508 e. The third kappa shape index (κ3) is 11.3. The highest BCUT2D eigenvalue weighted by molar-refractivity contribution is 5.59. The molecular formula is C11H22O5. The summed E-state index contributed by atoms with van der Waals surface area (Å²) in [5, 5.41) is 0. The SMILES string of the molecule is CCCCOC(=O)OCCOCCOCC. The fraction of sp³-hybridized carbons (Fsp3) is 0.909. The Bertz CT molecular complexity index is 160. The first-order valence-corrected chi connectivity index (χ1v) is 5.76. The van der Waals surface area contributed by atoms with Crippen LogP contribution < -0.4 is 0 Å². The highest BCUT2D eigenvalue weighted by Crippen LogP contribution is 1.91. The van der Waals surface area contributed by atoms with Gasteiger partial charge in [0.2, 0.25) is 0 Å². The summed E-state index contributed by atoms with van der Waals surface area (Å²) in [5.74, 6) is 0. The van der Waals surface area contributed by atoms with Crippen LogP contribution >= 0.6 is 0 Å². The molecule has 5 nitrogen and oxygen atoms in total. The predicted octanol–water partition coefficient (Wildman–Crippen LogP) is 1.99. The van der Waals surface area contributed by atoms with Crippen LogP contribution in [0.4, 0.5) is 4.79 Å². The molecule has 0 unspecified atom stereocenters. The van der Waals surface area contributed by atoms with E-state index in [1.54, 1.807) is 0 Å². The van der Waals surface area contributed by atoms with E-state index in [9.17, 15) is 4.79 Å². The zero-order chi connectivity index (χ0) is 12.1. The van der Waals surface area contributed by atoms with Crippen LogP contribution in [-0.2, 0) is 18.9 Å². The minimum Gasteiger partial charge on any atom is -0.434 e. The Hall–Kier alpha value is -0.810. The summed E-state index contributed by atoms with van der Waals surface area (Å²) in [5.41, 5.74) is 0. The van der Waals surface area contributed by atoms with Crippen LogP contribution in [0.3, 0.4) is 0 Å². The molecule has 0 saturated carbocycles. The molecule has 0 fully saturated rings. The number of unbranched alkanes of at least 4 members (excludes halogenated alkanes) is 1. The minimum absolute atomic E-state index is 0.219. The molecule has 0 radical (unpaired) electrons. The molecule has 0 amide bonds. The van der Waals surface area contributed by atoms with Gasteiger partial charge in [-0.3, -0.25) is 0 Å². The van der Waals surface area contributed by atoms with Crippen molar-refractivity contribution in [3.63, 3.8) is 0 Å². The molecule has 0 heterocycles. The van der Waals surface area contributed by atoms with E-state index in [1.807, 2.05) is 13.8 Å². The van der Waals surface area contributed by atoms with Gasteiger partial charge in [0.25, 0.3) is 0 Å². The Morgan fingerprint density at radius 2 is 1.50 bits per heavy atom. The zero-order valence-corrected chi connectivity index (χ0v) is 10.2. The summed E-state index contributed by atoms with van der Waals surface area (Å²) in [6, 6.07) is 0. The van der Waals surface area contributed by atoms with Crippen molar-refractivity contribution >= 4 is 6.16 Å². The van der Waals surface area contributed by atoms with Crippen LogP contribution in [0, 0.1) is 0 Å². The second-order valence-corrected chi connectivity index (χ2v) is 3.11. The molecule has 0 aromatic rings. The topological polar surface area (TPSA) is 54.0 Å². The van der Waals surface area contributed by atoms with Gasteiger partial charge < -0.3 is 18.9 Å². The monoisotopic (exact) mass is 234 g/mol. The van der Waals surface area contributed by atoms with Crippen molar-refractivity contribution in [3.8, 4) is 0 Å². The fourth-order valence-electron chi connectivity index (χ4n) is 0.890. The molecule has 5 heteroatoms. The molecule has 0 atom stereocenters. The van der Waals surface area contributed by atoms with Gasteiger partial charge in [-0.05, 0) is 13.3 Å². The second kappa shape index (κ2) is 12.3. The highest BCUT2D eigenvalue weighted by atomic mass is 16.7. The highest BCUT2D eigenvalue weighted by Gasteiger charge is 2.02. The van der Waals surface area contributed by atoms with Crippen molar-refractivity contribution in [3.05, 3.63) is 0 Å². The van der Waals surface area contributed by atoms with Crippen LogP contribution in [0.25, 0.3) is 0 Å². The summed E-state index contributed by atoms with van der Waals surface area (Å²) in [7, 11) is 0. The lowest BCUT2D eigenvalue weighted by molar-refractivity contribution is 0.0104. The van der Waals surface area contributed by atoms with Crippen LogP contribution in [0.2, 0.25) is 0 Å². The Morgan fingerprint density at radius 1 is 0.875 bits per heavy atom. The lowest BCUT2D eigenvalue weighted by Gasteiger charge is -2.06. The molecule has 0 bridgehead atoms. The Balaban J connectivity index is 3.09. The first-order chi connectivity index (χ1) is 7.81. The molecule has 16 heavy (non-hydrogen) atoms. The number of carbonyl (C=O) groups excluding carboxylic acids is 1. The van der Waals surface area contributed by atoms with Crippen LogP contribution in [0.5, 0.6) is 0 Å². The maximum absolute atomic E-state index is 10.9. The third-order valence-electron chi connectivity index (χ3n) is 1.74. The number of hydrogen-bond donors (Lipinski definition) is 0. The number of hydrogen-bond acceptors (Lipinski definition) is 5. The second-order valence-electron chi connectivity index (χ2n) is 3.11. The van der Waals surface area contributed by atoms with Gasteiger partial charge >= 0.3 is 6.16 Å². The standard InChI is InChI=1S/C11H22O5/c1-3-5-6-15-11(12)16-10-9-14-8-7-13-4-2/h3-10H2,1-2H3. The maximum atomic E-state index is 10.9. The predicted molar refractivity (Wildman–Crippen MR) is 59.5 cm³/mol. The molecule has 0 spiro atoms. The van der Waals surface area contributed by atoms with E-state index < -0.39 is 6.16 Å². The lowest BCUT2D eigenvalue weighted by Crippen LogP contribution is -2.14. The molecular weight excluding hydrogens is 212 g/mol. The largest absolute Gasteiger partial charge is 0.508 e. The Labute approximate surface area is 97.0 Å². The summed E-state index contributed by atoms with van der Waals surface area (Å²) < 4.78 is 19.8. The quantitative estimate of drug-likeness (QED) is 0.427. The van der Waals surface area contributed by atoms with Gasteiger partial charge in [0.1, 0.15) is 6.61 Å². The van der Waals surface area contributed by atoms with Gasteiger partial charge in [-0.25, -0.2) is 4.79 Å². The zero-order valence-electron chi connectivity index (χ0n) is 10.2. The van der Waals surface area contributed by atoms with Crippen molar-refractivity contribution in [2.75, 3.05) is 39.6 Å². The van der Waals surface area contributed by atoms with E-state index in [4.69, 9.17) is 18.9 Å². The van der Waals surface area contributed by atoms with E-state index in [0.29, 0.717) is 33.0 Å². The van der Waals surface area contributed by atoms with Gasteiger partial charge in [-0.15, -0.1) is 0 Å². The molecule has 96 valence electrons. The molecule has 0 saturated heterocycles. The van der Waals surface area contributed by atoms with E-state index >= 15 is 0 Å². The number of ether oxygens (including phenoxy) is 4. The molecule has 0 aliphatic heterocycles. The summed E-state index contributed by atoms with van der Waals surface area (Å²) in [6.45, 7) is 6.73. The van der Waals surface area contributed by atoms with Crippen molar-refractivity contribution in [1.82, 2.24) is 0 Å². The van der Waals surface area contributed by atoms with Crippen molar-refractivity contribution in [2.45, 2.75) is 26.7 Å². The van der Waals surface area contributed by atoms with E-state index in [1.165, 1.54) is 0 Å². The Kier molecular flexibility index (Phi) is 11.6. The molecule has 0 aliphatic rings. The first-order valence-electron chi connectivity index (χ1n) is 5.76. The third-order valence-corrected chi connectivity index (χ3v) is 1.74. The van der Waals surface area contributed by atoms with Gasteiger partial charge in [0.15, 0.2) is 0 Å². The number of rotatable bonds is 10.